The average Bonchev–Trinajstić information content (AvgIpc) is 3.12. The highest BCUT2D eigenvalue weighted by atomic mass is 16.3. The standard InChI is InChI=1S/C19H17N3O2.C19H17N3O/c23-15-2-1-13-10-16(19(24)11-14(13)9-15)18-4-3-17(21-22-18)12-5-7-20-8-6-12;23-19-12-15-4-2-1-3-14(15)11-16(19)18-6-5-17(21-22-18)13-7-9-20-10-8-13/h1-5,9-11,20,23-24H,6-8H2;1-7,11-12,20,23H,8-10H2. The molecule has 0 saturated carbocycles. The number of benzene rings is 4. The van der Waals surface area contributed by atoms with Crippen molar-refractivity contribution in [2.24, 2.45) is 0 Å². The lowest BCUT2D eigenvalue weighted by molar-refractivity contribution is 0.475. The Balaban J connectivity index is 0.000000150. The number of fused-ring (bicyclic) bond motifs is 2. The fourth-order valence-corrected chi connectivity index (χ4v) is 5.92. The number of hydrogen-bond acceptors (Lipinski definition) is 9. The molecule has 5 N–H and O–H groups in total. The SMILES string of the molecule is Oc1cc2ccccc2cc1-c1ccc(C2=CCNCC2)nn1.Oc1ccc2cc(-c3ccc(C4=CCNCC4)nn3)c(O)cc2c1. The summed E-state index contributed by atoms with van der Waals surface area (Å²) in [4.78, 5) is 0. The molecule has 6 aromatic rings. The number of nitrogens with one attached hydrogen (secondary N) is 2. The summed E-state index contributed by atoms with van der Waals surface area (Å²) in [5.41, 5.74) is 6.87. The molecule has 234 valence electrons. The van der Waals surface area contributed by atoms with Crippen LogP contribution in [-0.2, 0) is 0 Å². The van der Waals surface area contributed by atoms with Gasteiger partial charge in [0.05, 0.1) is 22.8 Å². The van der Waals surface area contributed by atoms with E-state index in [1.54, 1.807) is 24.3 Å². The number of aromatic hydroxyl groups is 3. The molecule has 0 unspecified atom stereocenters. The van der Waals surface area contributed by atoms with Gasteiger partial charge in [-0.2, -0.15) is 10.2 Å². The summed E-state index contributed by atoms with van der Waals surface area (Å²) < 4.78 is 0. The summed E-state index contributed by atoms with van der Waals surface area (Å²) in [5, 5.41) is 57.8. The highest BCUT2D eigenvalue weighted by Crippen LogP contribution is 2.34. The molecule has 0 aliphatic carbocycles. The van der Waals surface area contributed by atoms with Crippen LogP contribution < -0.4 is 10.6 Å². The first-order valence-corrected chi connectivity index (χ1v) is 15.7. The molecule has 47 heavy (non-hydrogen) atoms. The summed E-state index contributed by atoms with van der Waals surface area (Å²) >= 11 is 0. The van der Waals surface area contributed by atoms with E-state index in [4.69, 9.17) is 0 Å². The van der Waals surface area contributed by atoms with Crippen LogP contribution in [0.2, 0.25) is 0 Å². The largest absolute Gasteiger partial charge is 0.508 e. The highest BCUT2D eigenvalue weighted by molar-refractivity contribution is 5.91. The van der Waals surface area contributed by atoms with Gasteiger partial charge in [0.25, 0.3) is 0 Å². The lowest BCUT2D eigenvalue weighted by Crippen LogP contribution is -2.20. The molecule has 0 amide bonds. The second kappa shape index (κ2) is 13.4. The molecule has 9 nitrogen and oxygen atoms in total. The highest BCUT2D eigenvalue weighted by Gasteiger charge is 2.13. The first kappa shape index (κ1) is 30.0. The van der Waals surface area contributed by atoms with Crippen LogP contribution in [0, 0.1) is 0 Å². The summed E-state index contributed by atoms with van der Waals surface area (Å²) in [7, 11) is 0. The molecule has 0 bridgehead atoms. The first-order valence-electron chi connectivity index (χ1n) is 15.7. The maximum Gasteiger partial charge on any atom is 0.125 e. The van der Waals surface area contributed by atoms with Crippen molar-refractivity contribution >= 4 is 32.7 Å². The minimum absolute atomic E-state index is 0.122. The molecule has 0 saturated heterocycles. The molecule has 0 fully saturated rings. The van der Waals surface area contributed by atoms with E-state index in [0.29, 0.717) is 22.5 Å². The lowest BCUT2D eigenvalue weighted by Gasteiger charge is -2.13. The van der Waals surface area contributed by atoms with Gasteiger partial charge in [0.15, 0.2) is 0 Å². The molecule has 0 atom stereocenters. The van der Waals surface area contributed by atoms with Gasteiger partial charge in [-0.15, -0.1) is 10.2 Å². The van der Waals surface area contributed by atoms with E-state index in [-0.39, 0.29) is 17.2 Å². The van der Waals surface area contributed by atoms with Crippen molar-refractivity contribution in [2.45, 2.75) is 12.8 Å². The van der Waals surface area contributed by atoms with Gasteiger partial charge in [0.1, 0.15) is 17.2 Å². The first-order chi connectivity index (χ1) is 23.0. The number of aromatic nitrogens is 4. The molecule has 9 heteroatoms. The van der Waals surface area contributed by atoms with E-state index < -0.39 is 0 Å². The van der Waals surface area contributed by atoms with E-state index in [1.807, 2.05) is 66.7 Å². The van der Waals surface area contributed by atoms with Crippen LogP contribution in [0.1, 0.15) is 24.2 Å². The van der Waals surface area contributed by atoms with Crippen molar-refractivity contribution < 1.29 is 15.3 Å². The third-order valence-corrected chi connectivity index (χ3v) is 8.47. The molecule has 2 aromatic heterocycles. The van der Waals surface area contributed by atoms with Crippen molar-refractivity contribution in [2.75, 3.05) is 26.2 Å². The van der Waals surface area contributed by atoms with E-state index in [0.717, 1.165) is 72.0 Å². The van der Waals surface area contributed by atoms with Crippen LogP contribution in [0.5, 0.6) is 17.2 Å². The molecule has 8 rings (SSSR count). The number of phenolic OH excluding ortho intramolecular Hbond substituents is 3. The van der Waals surface area contributed by atoms with Gasteiger partial charge in [-0.3, -0.25) is 0 Å². The predicted molar refractivity (Wildman–Crippen MR) is 186 cm³/mol. The summed E-state index contributed by atoms with van der Waals surface area (Å²) in [6, 6.07) is 28.0. The van der Waals surface area contributed by atoms with Crippen LogP contribution >= 0.6 is 0 Å². The van der Waals surface area contributed by atoms with Gasteiger partial charge in [0.2, 0.25) is 0 Å². The van der Waals surface area contributed by atoms with E-state index in [1.165, 1.54) is 11.1 Å². The average molecular weight is 623 g/mol. The third-order valence-electron chi connectivity index (χ3n) is 8.47. The zero-order chi connectivity index (χ0) is 32.2. The zero-order valence-corrected chi connectivity index (χ0v) is 25.7. The van der Waals surface area contributed by atoms with Crippen molar-refractivity contribution in [3.8, 4) is 39.8 Å². The molecular weight excluding hydrogens is 588 g/mol. The van der Waals surface area contributed by atoms with E-state index >= 15 is 0 Å². The van der Waals surface area contributed by atoms with Crippen LogP contribution in [0.25, 0.3) is 55.2 Å². The van der Waals surface area contributed by atoms with Crippen LogP contribution in [0.3, 0.4) is 0 Å². The second-order valence-electron chi connectivity index (χ2n) is 11.6. The summed E-state index contributed by atoms with van der Waals surface area (Å²) in [5.74, 6) is 0.525. The van der Waals surface area contributed by atoms with Crippen molar-refractivity contribution in [1.82, 2.24) is 31.0 Å². The van der Waals surface area contributed by atoms with Crippen molar-refractivity contribution in [3.63, 3.8) is 0 Å². The van der Waals surface area contributed by atoms with Gasteiger partial charge in [0, 0.05) is 24.2 Å². The maximum atomic E-state index is 10.3. The molecular formula is C38H34N6O3. The van der Waals surface area contributed by atoms with Gasteiger partial charge in [-0.05, 0) is 119 Å². The van der Waals surface area contributed by atoms with Gasteiger partial charge >= 0.3 is 0 Å². The number of hydrogen-bond donors (Lipinski definition) is 5. The Kier molecular flexibility index (Phi) is 8.55. The van der Waals surface area contributed by atoms with E-state index in [2.05, 4.69) is 43.2 Å². The van der Waals surface area contributed by atoms with Gasteiger partial charge in [-0.25, -0.2) is 0 Å². The number of nitrogens with zero attached hydrogens (tertiary/aromatic N) is 4. The predicted octanol–water partition coefficient (Wildman–Crippen LogP) is 6.46. The molecule has 2 aliphatic heterocycles. The van der Waals surface area contributed by atoms with Crippen LogP contribution in [0.15, 0.2) is 103 Å². The normalized spacial score (nSPS) is 14.6. The van der Waals surface area contributed by atoms with Gasteiger partial charge in [-0.1, -0.05) is 42.5 Å². The Morgan fingerprint density at radius 2 is 0.936 bits per heavy atom. The molecule has 0 radical (unpaired) electrons. The monoisotopic (exact) mass is 622 g/mol. The molecule has 4 aromatic carbocycles. The third kappa shape index (κ3) is 6.67. The quantitative estimate of drug-likeness (QED) is 0.150. The van der Waals surface area contributed by atoms with Gasteiger partial charge < -0.3 is 26.0 Å². The topological polar surface area (TPSA) is 136 Å². The maximum absolute atomic E-state index is 10.3. The van der Waals surface area contributed by atoms with Crippen molar-refractivity contribution in [1.29, 1.82) is 0 Å². The van der Waals surface area contributed by atoms with Crippen molar-refractivity contribution in [3.05, 3.63) is 115 Å². The minimum atomic E-state index is 0.122. The Morgan fingerprint density at radius 3 is 1.43 bits per heavy atom. The lowest BCUT2D eigenvalue weighted by atomic mass is 10.0. The Hall–Kier alpha value is -5.64. The number of phenols is 3. The zero-order valence-electron chi connectivity index (χ0n) is 25.7. The second-order valence-corrected chi connectivity index (χ2v) is 11.6. The minimum Gasteiger partial charge on any atom is -0.508 e. The van der Waals surface area contributed by atoms with Crippen LogP contribution in [-0.4, -0.2) is 61.9 Å². The Bertz CT molecular complexity index is 2130. The summed E-state index contributed by atoms with van der Waals surface area (Å²) in [6.07, 6.45) is 6.20. The summed E-state index contributed by atoms with van der Waals surface area (Å²) in [6.45, 7) is 3.66. The number of rotatable bonds is 4. The molecule has 2 aliphatic rings. The molecule has 0 spiro atoms. The van der Waals surface area contributed by atoms with Crippen LogP contribution in [0.4, 0.5) is 0 Å². The smallest absolute Gasteiger partial charge is 0.125 e. The Morgan fingerprint density at radius 1 is 0.468 bits per heavy atom. The van der Waals surface area contributed by atoms with E-state index in [9.17, 15) is 15.3 Å². The Labute approximate surface area is 272 Å². The fourth-order valence-electron chi connectivity index (χ4n) is 5.92. The fraction of sp³-hybridized carbons (Fsp3) is 0.158. The molecule has 4 heterocycles.